The number of aryl methyl sites for hydroxylation is 5. The molecule has 4 aromatic rings. The number of aromatic nitrogens is 2. The van der Waals surface area contributed by atoms with Crippen molar-refractivity contribution in [1.29, 1.82) is 0 Å². The van der Waals surface area contributed by atoms with E-state index in [1.807, 2.05) is 19.1 Å². The molecule has 28 heavy (non-hydrogen) atoms. The van der Waals surface area contributed by atoms with Gasteiger partial charge in [-0.2, -0.15) is 0 Å². The minimum Gasteiger partial charge on any atom is -0.339 e. The molecule has 0 saturated heterocycles. The van der Waals surface area contributed by atoms with Crippen LogP contribution in [0, 0.1) is 40.4 Å². The molecule has 0 aliphatic carbocycles. The Bertz CT molecular complexity index is 1170. The fraction of sp³-hybridized carbons (Fsp3) is 0.217. The summed E-state index contributed by atoms with van der Waals surface area (Å²) in [6.45, 7) is 10.3. The van der Waals surface area contributed by atoms with Gasteiger partial charge in [-0.05, 0) is 63.4 Å². The van der Waals surface area contributed by atoms with Crippen molar-refractivity contribution in [3.8, 4) is 11.1 Å². The molecule has 1 N–H and O–H groups in total. The maximum Gasteiger partial charge on any atom is 0.143 e. The maximum absolute atomic E-state index is 13.4. The molecule has 0 radical (unpaired) electrons. The first kappa shape index (κ1) is 18.6. The molecule has 0 atom stereocenters. The molecular formula is C23H22FN3S. The topological polar surface area (TPSA) is 37.8 Å². The number of halogens is 1. The van der Waals surface area contributed by atoms with Gasteiger partial charge in [-0.3, -0.25) is 0 Å². The highest BCUT2D eigenvalue weighted by Gasteiger charge is 2.19. The molecule has 2 heterocycles. The molecule has 5 heteroatoms. The number of anilines is 2. The lowest BCUT2D eigenvalue weighted by Crippen LogP contribution is -2.02. The quantitative estimate of drug-likeness (QED) is 0.418. The van der Waals surface area contributed by atoms with Gasteiger partial charge in [0.25, 0.3) is 0 Å². The van der Waals surface area contributed by atoms with E-state index in [-0.39, 0.29) is 5.82 Å². The van der Waals surface area contributed by atoms with Gasteiger partial charge < -0.3 is 5.32 Å². The zero-order valence-electron chi connectivity index (χ0n) is 16.6. The lowest BCUT2D eigenvalue weighted by Gasteiger charge is -2.15. The second-order valence-electron chi connectivity index (χ2n) is 7.24. The number of benzene rings is 2. The van der Waals surface area contributed by atoms with Gasteiger partial charge in [-0.1, -0.05) is 29.8 Å². The van der Waals surface area contributed by atoms with Crippen molar-refractivity contribution in [1.82, 2.24) is 9.97 Å². The molecule has 0 bridgehead atoms. The van der Waals surface area contributed by atoms with E-state index in [1.54, 1.807) is 11.3 Å². The highest BCUT2D eigenvalue weighted by atomic mass is 32.1. The monoisotopic (exact) mass is 391 g/mol. The summed E-state index contributed by atoms with van der Waals surface area (Å²) in [5.41, 5.74) is 6.69. The second-order valence-corrected chi connectivity index (χ2v) is 8.44. The Kier molecular flexibility index (Phi) is 4.63. The SMILES string of the molecule is Cc1cc(C)c(Nc2nc(C)nc3sc(C)c(-c4ccc(F)cc4)c23)c(C)c1. The Morgan fingerprint density at radius 3 is 2.18 bits per heavy atom. The average Bonchev–Trinajstić information content (AvgIpc) is 2.94. The molecule has 2 aromatic carbocycles. The Hall–Kier alpha value is -2.79. The van der Waals surface area contributed by atoms with E-state index in [2.05, 4.69) is 50.1 Å². The van der Waals surface area contributed by atoms with Crippen LogP contribution in [-0.2, 0) is 0 Å². The lowest BCUT2D eigenvalue weighted by atomic mass is 10.0. The van der Waals surface area contributed by atoms with Gasteiger partial charge in [0.1, 0.15) is 22.3 Å². The number of hydrogen-bond acceptors (Lipinski definition) is 4. The van der Waals surface area contributed by atoms with Crippen molar-refractivity contribution < 1.29 is 4.39 Å². The fourth-order valence-electron chi connectivity index (χ4n) is 3.77. The fourth-order valence-corrected chi connectivity index (χ4v) is 4.86. The Morgan fingerprint density at radius 2 is 1.54 bits per heavy atom. The van der Waals surface area contributed by atoms with Crippen molar-refractivity contribution in [2.24, 2.45) is 0 Å². The third kappa shape index (κ3) is 3.27. The molecule has 0 amide bonds. The normalized spacial score (nSPS) is 11.2. The largest absolute Gasteiger partial charge is 0.339 e. The third-order valence-electron chi connectivity index (χ3n) is 4.89. The number of fused-ring (bicyclic) bond motifs is 1. The van der Waals surface area contributed by atoms with Crippen molar-refractivity contribution in [2.75, 3.05) is 5.32 Å². The van der Waals surface area contributed by atoms with Crippen molar-refractivity contribution in [2.45, 2.75) is 34.6 Å². The molecule has 0 spiro atoms. The smallest absolute Gasteiger partial charge is 0.143 e. The summed E-state index contributed by atoms with van der Waals surface area (Å²) in [7, 11) is 0. The Morgan fingerprint density at radius 1 is 0.893 bits per heavy atom. The average molecular weight is 392 g/mol. The molecule has 4 rings (SSSR count). The molecule has 3 nitrogen and oxygen atoms in total. The minimum absolute atomic E-state index is 0.239. The summed E-state index contributed by atoms with van der Waals surface area (Å²) < 4.78 is 13.4. The third-order valence-corrected chi connectivity index (χ3v) is 5.89. The molecule has 0 unspecified atom stereocenters. The summed E-state index contributed by atoms with van der Waals surface area (Å²) in [4.78, 5) is 11.5. The van der Waals surface area contributed by atoms with Crippen LogP contribution in [0.15, 0.2) is 36.4 Å². The minimum atomic E-state index is -0.239. The molecule has 0 aliphatic rings. The van der Waals surface area contributed by atoms with Crippen LogP contribution in [0.5, 0.6) is 0 Å². The van der Waals surface area contributed by atoms with Crippen molar-refractivity contribution in [3.63, 3.8) is 0 Å². The van der Waals surface area contributed by atoms with E-state index in [0.29, 0.717) is 0 Å². The van der Waals surface area contributed by atoms with Gasteiger partial charge in [-0.25, -0.2) is 14.4 Å². The van der Waals surface area contributed by atoms with Crippen LogP contribution in [-0.4, -0.2) is 9.97 Å². The van der Waals surface area contributed by atoms with Crippen LogP contribution in [0.1, 0.15) is 27.4 Å². The number of hydrogen-bond donors (Lipinski definition) is 1. The summed E-state index contributed by atoms with van der Waals surface area (Å²) in [6.07, 6.45) is 0. The highest BCUT2D eigenvalue weighted by molar-refractivity contribution is 7.19. The lowest BCUT2D eigenvalue weighted by molar-refractivity contribution is 0.628. The van der Waals surface area contributed by atoms with E-state index in [4.69, 9.17) is 4.98 Å². The van der Waals surface area contributed by atoms with Crippen LogP contribution in [0.25, 0.3) is 21.3 Å². The van der Waals surface area contributed by atoms with Gasteiger partial charge >= 0.3 is 0 Å². The van der Waals surface area contributed by atoms with Gasteiger partial charge in [0.2, 0.25) is 0 Å². The van der Waals surface area contributed by atoms with E-state index in [0.717, 1.165) is 43.6 Å². The van der Waals surface area contributed by atoms with Crippen LogP contribution in [0.3, 0.4) is 0 Å². The van der Waals surface area contributed by atoms with Crippen molar-refractivity contribution in [3.05, 3.63) is 69.6 Å². The summed E-state index contributed by atoms with van der Waals surface area (Å²) in [5, 5.41) is 4.55. The van der Waals surface area contributed by atoms with Gasteiger partial charge in [-0.15, -0.1) is 11.3 Å². The Balaban J connectivity index is 1.95. The van der Waals surface area contributed by atoms with Gasteiger partial charge in [0.15, 0.2) is 0 Å². The first-order valence-corrected chi connectivity index (χ1v) is 10.0. The van der Waals surface area contributed by atoms with Gasteiger partial charge in [0.05, 0.1) is 5.39 Å². The number of nitrogens with one attached hydrogen (secondary N) is 1. The summed E-state index contributed by atoms with van der Waals surface area (Å²) in [6, 6.07) is 11.0. The second kappa shape index (κ2) is 6.99. The standard InChI is InChI=1S/C23H22FN3S/c1-12-10-13(2)21(14(3)11-12)27-22-20-19(17-6-8-18(24)9-7-17)15(4)28-23(20)26-16(5)25-22/h6-11H,1-5H3,(H,25,26,27). The molecule has 2 aromatic heterocycles. The van der Waals surface area contributed by atoms with E-state index < -0.39 is 0 Å². The first-order chi connectivity index (χ1) is 13.3. The Labute approximate surface area is 168 Å². The van der Waals surface area contributed by atoms with E-state index >= 15 is 0 Å². The number of thiophene rings is 1. The van der Waals surface area contributed by atoms with E-state index in [9.17, 15) is 4.39 Å². The van der Waals surface area contributed by atoms with Crippen LogP contribution < -0.4 is 5.32 Å². The zero-order valence-corrected chi connectivity index (χ0v) is 17.5. The number of rotatable bonds is 3. The summed E-state index contributed by atoms with van der Waals surface area (Å²) >= 11 is 1.64. The van der Waals surface area contributed by atoms with E-state index in [1.165, 1.54) is 28.8 Å². The predicted molar refractivity (Wildman–Crippen MR) is 116 cm³/mol. The summed E-state index contributed by atoms with van der Waals surface area (Å²) in [5.74, 6) is 1.28. The molecule has 0 saturated carbocycles. The molecule has 0 fully saturated rings. The van der Waals surface area contributed by atoms with Gasteiger partial charge in [0, 0.05) is 16.1 Å². The highest BCUT2D eigenvalue weighted by Crippen LogP contribution is 2.42. The first-order valence-electron chi connectivity index (χ1n) is 9.22. The molecular weight excluding hydrogens is 369 g/mol. The molecule has 142 valence electrons. The predicted octanol–water partition coefficient (Wildman–Crippen LogP) is 6.78. The zero-order chi connectivity index (χ0) is 20.0. The number of nitrogens with zero attached hydrogens (tertiary/aromatic N) is 2. The van der Waals surface area contributed by atoms with Crippen LogP contribution >= 0.6 is 11.3 Å². The van der Waals surface area contributed by atoms with Crippen LogP contribution in [0.2, 0.25) is 0 Å². The maximum atomic E-state index is 13.4. The van der Waals surface area contributed by atoms with Crippen molar-refractivity contribution >= 4 is 33.1 Å². The molecule has 0 aliphatic heterocycles. The van der Waals surface area contributed by atoms with Crippen LogP contribution in [0.4, 0.5) is 15.9 Å².